The molecule has 0 amide bonds. The summed E-state index contributed by atoms with van der Waals surface area (Å²) in [6.45, 7) is 8.85. The maximum atomic E-state index is 11.7. The van der Waals surface area contributed by atoms with Crippen LogP contribution in [0.25, 0.3) is 0 Å². The lowest BCUT2D eigenvalue weighted by atomic mass is 10.4. The van der Waals surface area contributed by atoms with Crippen molar-refractivity contribution in [2.45, 2.75) is 20.8 Å². The molecule has 0 aliphatic heterocycles. The van der Waals surface area contributed by atoms with Crippen molar-refractivity contribution in [3.8, 4) is 0 Å². The Kier molecular flexibility index (Phi) is 14.7. The number of nitrogens with zero attached hydrogens (tertiary/aromatic N) is 1. The highest BCUT2D eigenvalue weighted by molar-refractivity contribution is 5.72. The second kappa shape index (κ2) is 15.8. The number of ether oxygens (including phenoxy) is 3. The molecule has 0 unspecified atom stereocenters. The molecular formula is C16H31N3O6. The molecule has 0 saturated carbocycles. The first-order valence-electron chi connectivity index (χ1n) is 8.64. The first kappa shape index (κ1) is 23.3. The molecule has 0 fully saturated rings. The van der Waals surface area contributed by atoms with Crippen molar-refractivity contribution in [2.75, 3.05) is 65.6 Å². The Hall–Kier alpha value is -1.71. The number of carbonyl (C=O) groups excluding carboxylic acids is 3. The van der Waals surface area contributed by atoms with E-state index in [0.717, 1.165) is 0 Å². The van der Waals surface area contributed by atoms with E-state index in [1.807, 2.05) is 4.90 Å². The quantitative estimate of drug-likeness (QED) is 0.219. The number of carbonyl (C=O) groups is 3. The number of hydrogen-bond donors (Lipinski definition) is 2. The summed E-state index contributed by atoms with van der Waals surface area (Å²) in [5.41, 5.74) is 0. The Morgan fingerprint density at radius 3 is 1.52 bits per heavy atom. The maximum absolute atomic E-state index is 11.7. The standard InChI is InChI=1S/C16H31N3O6/c1-4-23-14(20)11-17-7-9-19(13-16(22)25-6-3)10-8-18-12-15(21)24-5-2/h17-18H,4-13H2,1-3H3. The molecule has 0 radical (unpaired) electrons. The van der Waals surface area contributed by atoms with Gasteiger partial charge in [0, 0.05) is 26.2 Å². The first-order valence-corrected chi connectivity index (χ1v) is 8.64. The van der Waals surface area contributed by atoms with Gasteiger partial charge in [-0.25, -0.2) is 0 Å². The van der Waals surface area contributed by atoms with Gasteiger partial charge < -0.3 is 24.8 Å². The van der Waals surface area contributed by atoms with Crippen molar-refractivity contribution >= 4 is 17.9 Å². The van der Waals surface area contributed by atoms with Crippen LogP contribution in [0.15, 0.2) is 0 Å². The second-order valence-corrected chi connectivity index (χ2v) is 5.04. The zero-order valence-electron chi connectivity index (χ0n) is 15.5. The van der Waals surface area contributed by atoms with Crippen LogP contribution in [-0.2, 0) is 28.6 Å². The summed E-state index contributed by atoms with van der Waals surface area (Å²) in [5.74, 6) is -0.927. The molecule has 0 atom stereocenters. The van der Waals surface area contributed by atoms with E-state index < -0.39 is 0 Å². The average Bonchev–Trinajstić information content (AvgIpc) is 2.56. The largest absolute Gasteiger partial charge is 0.465 e. The van der Waals surface area contributed by atoms with Gasteiger partial charge in [-0.2, -0.15) is 0 Å². The summed E-state index contributed by atoms with van der Waals surface area (Å²) in [6, 6.07) is 0. The molecule has 0 bridgehead atoms. The van der Waals surface area contributed by atoms with E-state index >= 15 is 0 Å². The molecule has 0 rings (SSSR count). The van der Waals surface area contributed by atoms with Crippen LogP contribution >= 0.6 is 0 Å². The fourth-order valence-corrected chi connectivity index (χ4v) is 1.94. The van der Waals surface area contributed by atoms with E-state index in [0.29, 0.717) is 46.0 Å². The maximum Gasteiger partial charge on any atom is 0.320 e. The monoisotopic (exact) mass is 361 g/mol. The molecule has 0 aromatic carbocycles. The number of nitrogens with one attached hydrogen (secondary N) is 2. The summed E-state index contributed by atoms with van der Waals surface area (Å²) >= 11 is 0. The second-order valence-electron chi connectivity index (χ2n) is 5.04. The number of rotatable bonds is 15. The van der Waals surface area contributed by atoms with E-state index in [1.165, 1.54) is 0 Å². The lowest BCUT2D eigenvalue weighted by Crippen LogP contribution is -2.42. The van der Waals surface area contributed by atoms with Crippen LogP contribution in [0.4, 0.5) is 0 Å². The third-order valence-corrected chi connectivity index (χ3v) is 3.02. The summed E-state index contributed by atoms with van der Waals surface area (Å²) in [6.07, 6.45) is 0. The van der Waals surface area contributed by atoms with Gasteiger partial charge in [0.25, 0.3) is 0 Å². The minimum absolute atomic E-state index is 0.127. The highest BCUT2D eigenvalue weighted by Crippen LogP contribution is 1.90. The normalized spacial score (nSPS) is 10.6. The Labute approximate surface area is 149 Å². The van der Waals surface area contributed by atoms with Gasteiger partial charge in [-0.15, -0.1) is 0 Å². The fourth-order valence-electron chi connectivity index (χ4n) is 1.94. The topological polar surface area (TPSA) is 106 Å². The van der Waals surface area contributed by atoms with Crippen molar-refractivity contribution in [3.63, 3.8) is 0 Å². The third-order valence-electron chi connectivity index (χ3n) is 3.02. The van der Waals surface area contributed by atoms with Crippen LogP contribution in [0.3, 0.4) is 0 Å². The molecule has 2 N–H and O–H groups in total. The molecule has 0 aromatic heterocycles. The van der Waals surface area contributed by atoms with Crippen molar-refractivity contribution in [1.82, 2.24) is 15.5 Å². The predicted molar refractivity (Wildman–Crippen MR) is 92.1 cm³/mol. The SMILES string of the molecule is CCOC(=O)CNCCN(CCNCC(=O)OCC)CC(=O)OCC. The zero-order chi connectivity index (χ0) is 18.9. The van der Waals surface area contributed by atoms with Crippen LogP contribution in [0.5, 0.6) is 0 Å². The van der Waals surface area contributed by atoms with Gasteiger partial charge in [-0.3, -0.25) is 19.3 Å². The molecule has 0 spiro atoms. The van der Waals surface area contributed by atoms with Crippen LogP contribution in [0.2, 0.25) is 0 Å². The molecule has 0 heterocycles. The summed E-state index contributed by atoms with van der Waals surface area (Å²) < 4.78 is 14.6. The van der Waals surface area contributed by atoms with Gasteiger partial charge in [0.2, 0.25) is 0 Å². The van der Waals surface area contributed by atoms with Crippen molar-refractivity contribution in [2.24, 2.45) is 0 Å². The summed E-state index contributed by atoms with van der Waals surface area (Å²) in [5, 5.41) is 5.94. The average molecular weight is 361 g/mol. The predicted octanol–water partition coefficient (Wildman–Crippen LogP) is -0.843. The number of esters is 3. The van der Waals surface area contributed by atoms with E-state index in [1.54, 1.807) is 20.8 Å². The van der Waals surface area contributed by atoms with Crippen LogP contribution < -0.4 is 10.6 Å². The van der Waals surface area contributed by atoms with E-state index in [-0.39, 0.29) is 37.5 Å². The fraction of sp³-hybridized carbons (Fsp3) is 0.812. The van der Waals surface area contributed by atoms with Crippen molar-refractivity contribution in [1.29, 1.82) is 0 Å². The number of hydrogen-bond acceptors (Lipinski definition) is 9. The van der Waals surface area contributed by atoms with Gasteiger partial charge in [0.15, 0.2) is 0 Å². The molecule has 9 nitrogen and oxygen atoms in total. The molecule has 0 saturated heterocycles. The highest BCUT2D eigenvalue weighted by Gasteiger charge is 2.12. The lowest BCUT2D eigenvalue weighted by molar-refractivity contribution is -0.145. The van der Waals surface area contributed by atoms with Crippen LogP contribution in [-0.4, -0.2) is 88.4 Å². The van der Waals surface area contributed by atoms with Gasteiger partial charge in [0.1, 0.15) is 0 Å². The van der Waals surface area contributed by atoms with E-state index in [9.17, 15) is 14.4 Å². The summed E-state index contributed by atoms with van der Waals surface area (Å²) in [7, 11) is 0. The van der Waals surface area contributed by atoms with Gasteiger partial charge in [-0.1, -0.05) is 0 Å². The van der Waals surface area contributed by atoms with Gasteiger partial charge in [0.05, 0.1) is 39.5 Å². The van der Waals surface area contributed by atoms with Gasteiger partial charge >= 0.3 is 17.9 Å². The Morgan fingerprint density at radius 2 is 1.12 bits per heavy atom. The minimum Gasteiger partial charge on any atom is -0.465 e. The molecular weight excluding hydrogens is 330 g/mol. The van der Waals surface area contributed by atoms with Crippen molar-refractivity contribution in [3.05, 3.63) is 0 Å². The molecule has 0 aromatic rings. The zero-order valence-corrected chi connectivity index (χ0v) is 15.5. The van der Waals surface area contributed by atoms with Crippen molar-refractivity contribution < 1.29 is 28.6 Å². The van der Waals surface area contributed by atoms with E-state index in [2.05, 4.69) is 10.6 Å². The first-order chi connectivity index (χ1) is 12.0. The minimum atomic E-state index is -0.310. The Bertz CT molecular complexity index is 366. The van der Waals surface area contributed by atoms with E-state index in [4.69, 9.17) is 14.2 Å². The Balaban J connectivity index is 4.11. The molecule has 25 heavy (non-hydrogen) atoms. The molecule has 0 aliphatic rings. The highest BCUT2D eigenvalue weighted by atomic mass is 16.5. The van der Waals surface area contributed by atoms with Gasteiger partial charge in [-0.05, 0) is 20.8 Å². The smallest absolute Gasteiger partial charge is 0.320 e. The summed E-state index contributed by atoms with van der Waals surface area (Å²) in [4.78, 5) is 36.0. The van der Waals surface area contributed by atoms with Crippen LogP contribution in [0.1, 0.15) is 20.8 Å². The third kappa shape index (κ3) is 14.3. The van der Waals surface area contributed by atoms with Crippen LogP contribution in [0, 0.1) is 0 Å². The molecule has 146 valence electrons. The lowest BCUT2D eigenvalue weighted by Gasteiger charge is -2.21. The molecule has 9 heteroatoms. The Morgan fingerprint density at radius 1 is 0.720 bits per heavy atom. The molecule has 0 aliphatic carbocycles.